The summed E-state index contributed by atoms with van der Waals surface area (Å²) in [4.78, 5) is 27.0. The van der Waals surface area contributed by atoms with Gasteiger partial charge in [-0.1, -0.05) is 6.07 Å². The number of thiophene rings is 1. The minimum Gasteiger partial charge on any atom is -0.368 e. The van der Waals surface area contributed by atoms with Crippen molar-refractivity contribution in [2.75, 3.05) is 19.7 Å². The van der Waals surface area contributed by atoms with Crippen LogP contribution in [0.25, 0.3) is 0 Å². The van der Waals surface area contributed by atoms with Crippen molar-refractivity contribution in [2.24, 2.45) is 5.92 Å². The van der Waals surface area contributed by atoms with Crippen molar-refractivity contribution in [3.8, 4) is 0 Å². The lowest BCUT2D eigenvalue weighted by atomic mass is 10.0. The van der Waals surface area contributed by atoms with Gasteiger partial charge in [-0.3, -0.25) is 9.59 Å². The first-order chi connectivity index (χ1) is 11.1. The molecular formula is C17H24N2O3S. The SMILES string of the molecule is C[C@@H](OCC1CC1)C(=O)N1CCC(NC(=O)c2cccs2)CC1. The minimum absolute atomic E-state index is 0.00842. The Morgan fingerprint density at radius 1 is 1.35 bits per heavy atom. The van der Waals surface area contributed by atoms with Gasteiger partial charge in [0.15, 0.2) is 0 Å². The monoisotopic (exact) mass is 336 g/mol. The molecular weight excluding hydrogens is 312 g/mol. The summed E-state index contributed by atoms with van der Waals surface area (Å²) in [7, 11) is 0. The average Bonchev–Trinajstić information content (AvgIpc) is 3.23. The molecule has 2 heterocycles. The predicted octanol–water partition coefficient (Wildman–Crippen LogP) is 2.28. The van der Waals surface area contributed by atoms with Crippen LogP contribution >= 0.6 is 11.3 Å². The van der Waals surface area contributed by atoms with Crippen LogP contribution in [0.3, 0.4) is 0 Å². The second-order valence-corrected chi connectivity index (χ2v) is 7.42. The molecule has 1 N–H and O–H groups in total. The topological polar surface area (TPSA) is 58.6 Å². The number of piperidine rings is 1. The Kier molecular flexibility index (Phi) is 5.33. The predicted molar refractivity (Wildman–Crippen MR) is 89.5 cm³/mol. The van der Waals surface area contributed by atoms with Gasteiger partial charge in [0, 0.05) is 19.1 Å². The Morgan fingerprint density at radius 2 is 2.09 bits per heavy atom. The summed E-state index contributed by atoms with van der Waals surface area (Å²) < 4.78 is 5.66. The van der Waals surface area contributed by atoms with Gasteiger partial charge in [-0.15, -0.1) is 11.3 Å². The molecule has 0 unspecified atom stereocenters. The van der Waals surface area contributed by atoms with E-state index in [1.165, 1.54) is 24.2 Å². The molecule has 6 heteroatoms. The number of likely N-dealkylation sites (tertiary alicyclic amines) is 1. The number of hydrogen-bond donors (Lipinski definition) is 1. The number of nitrogens with one attached hydrogen (secondary N) is 1. The molecule has 1 aromatic heterocycles. The lowest BCUT2D eigenvalue weighted by molar-refractivity contribution is -0.144. The van der Waals surface area contributed by atoms with Gasteiger partial charge < -0.3 is 15.0 Å². The maximum Gasteiger partial charge on any atom is 0.261 e. The van der Waals surface area contributed by atoms with Crippen molar-refractivity contribution >= 4 is 23.2 Å². The maximum atomic E-state index is 12.4. The van der Waals surface area contributed by atoms with Gasteiger partial charge >= 0.3 is 0 Å². The number of carbonyl (C=O) groups excluding carboxylic acids is 2. The van der Waals surface area contributed by atoms with Crippen molar-refractivity contribution < 1.29 is 14.3 Å². The van der Waals surface area contributed by atoms with E-state index in [0.717, 1.165) is 17.7 Å². The molecule has 2 fully saturated rings. The molecule has 1 aromatic rings. The summed E-state index contributed by atoms with van der Waals surface area (Å²) in [5, 5.41) is 4.96. The zero-order valence-corrected chi connectivity index (χ0v) is 14.3. The van der Waals surface area contributed by atoms with Gasteiger partial charge in [-0.2, -0.15) is 0 Å². The molecule has 0 radical (unpaired) electrons. The molecule has 1 aliphatic carbocycles. The fourth-order valence-corrected chi connectivity index (χ4v) is 3.43. The van der Waals surface area contributed by atoms with Gasteiger partial charge in [0.2, 0.25) is 0 Å². The lowest BCUT2D eigenvalue weighted by Gasteiger charge is -2.33. The largest absolute Gasteiger partial charge is 0.368 e. The first kappa shape index (κ1) is 16.5. The fourth-order valence-electron chi connectivity index (χ4n) is 2.80. The number of rotatable bonds is 6. The summed E-state index contributed by atoms with van der Waals surface area (Å²) in [6.07, 6.45) is 3.72. The van der Waals surface area contributed by atoms with Crippen LogP contribution in [0.15, 0.2) is 17.5 Å². The Labute approximate surface area is 141 Å². The Morgan fingerprint density at radius 3 is 2.70 bits per heavy atom. The summed E-state index contributed by atoms with van der Waals surface area (Å²) in [5.74, 6) is 0.739. The van der Waals surface area contributed by atoms with E-state index in [4.69, 9.17) is 4.74 Å². The van der Waals surface area contributed by atoms with E-state index < -0.39 is 0 Å². The van der Waals surface area contributed by atoms with Crippen molar-refractivity contribution in [1.82, 2.24) is 10.2 Å². The molecule has 0 spiro atoms. The molecule has 0 bridgehead atoms. The molecule has 1 saturated heterocycles. The summed E-state index contributed by atoms with van der Waals surface area (Å²) >= 11 is 1.45. The van der Waals surface area contributed by atoms with Gasteiger partial charge in [-0.25, -0.2) is 0 Å². The van der Waals surface area contributed by atoms with Crippen LogP contribution in [-0.2, 0) is 9.53 Å². The summed E-state index contributed by atoms with van der Waals surface area (Å²) in [6.45, 7) is 3.92. The summed E-state index contributed by atoms with van der Waals surface area (Å²) in [6, 6.07) is 3.86. The molecule has 1 aliphatic heterocycles. The van der Waals surface area contributed by atoms with E-state index in [-0.39, 0.29) is 24.0 Å². The highest BCUT2D eigenvalue weighted by Crippen LogP contribution is 2.29. The number of nitrogens with zero attached hydrogens (tertiary/aromatic N) is 1. The van der Waals surface area contributed by atoms with Crippen LogP contribution in [-0.4, -0.2) is 48.6 Å². The second-order valence-electron chi connectivity index (χ2n) is 6.47. The average molecular weight is 336 g/mol. The smallest absolute Gasteiger partial charge is 0.261 e. The van der Waals surface area contributed by atoms with Gasteiger partial charge in [0.25, 0.3) is 11.8 Å². The van der Waals surface area contributed by atoms with Crippen LogP contribution in [0.2, 0.25) is 0 Å². The number of carbonyl (C=O) groups is 2. The first-order valence-electron chi connectivity index (χ1n) is 8.38. The van der Waals surface area contributed by atoms with E-state index in [1.54, 1.807) is 0 Å². The maximum absolute atomic E-state index is 12.4. The van der Waals surface area contributed by atoms with Crippen molar-refractivity contribution in [1.29, 1.82) is 0 Å². The first-order valence-corrected chi connectivity index (χ1v) is 9.26. The van der Waals surface area contributed by atoms with Crippen molar-refractivity contribution in [3.63, 3.8) is 0 Å². The third kappa shape index (κ3) is 4.54. The molecule has 126 valence electrons. The van der Waals surface area contributed by atoms with E-state index in [0.29, 0.717) is 25.6 Å². The minimum atomic E-state index is -0.354. The van der Waals surface area contributed by atoms with Crippen LogP contribution in [0.1, 0.15) is 42.3 Å². The standard InChI is InChI=1S/C17H24N2O3S/c1-12(22-11-13-4-5-13)17(21)19-8-6-14(7-9-19)18-16(20)15-3-2-10-23-15/h2-3,10,12-14H,4-9,11H2,1H3,(H,18,20)/t12-/m1/s1. The molecule has 1 saturated carbocycles. The van der Waals surface area contributed by atoms with Crippen molar-refractivity contribution in [3.05, 3.63) is 22.4 Å². The molecule has 0 aromatic carbocycles. The Balaban J connectivity index is 1.40. The lowest BCUT2D eigenvalue weighted by Crippen LogP contribution is -2.49. The highest BCUT2D eigenvalue weighted by atomic mass is 32.1. The molecule has 5 nitrogen and oxygen atoms in total. The highest BCUT2D eigenvalue weighted by molar-refractivity contribution is 7.12. The third-order valence-electron chi connectivity index (χ3n) is 4.51. The fraction of sp³-hybridized carbons (Fsp3) is 0.647. The zero-order chi connectivity index (χ0) is 16.2. The van der Waals surface area contributed by atoms with Crippen LogP contribution in [0.4, 0.5) is 0 Å². The van der Waals surface area contributed by atoms with Crippen LogP contribution in [0.5, 0.6) is 0 Å². The Hall–Kier alpha value is -1.40. The van der Waals surface area contributed by atoms with Crippen LogP contribution < -0.4 is 5.32 Å². The third-order valence-corrected chi connectivity index (χ3v) is 5.38. The number of amides is 2. The molecule has 23 heavy (non-hydrogen) atoms. The summed E-state index contributed by atoms with van der Waals surface area (Å²) in [5.41, 5.74) is 0. The van der Waals surface area contributed by atoms with Crippen LogP contribution in [0, 0.1) is 5.92 Å². The molecule has 2 aliphatic rings. The zero-order valence-electron chi connectivity index (χ0n) is 13.5. The van der Waals surface area contributed by atoms with E-state index in [1.807, 2.05) is 29.3 Å². The van der Waals surface area contributed by atoms with E-state index in [9.17, 15) is 9.59 Å². The number of ether oxygens (including phenoxy) is 1. The van der Waals surface area contributed by atoms with E-state index in [2.05, 4.69) is 5.32 Å². The normalized spacial score (nSPS) is 20.3. The molecule has 1 atom stereocenters. The number of hydrogen-bond acceptors (Lipinski definition) is 4. The van der Waals surface area contributed by atoms with Crippen molar-refractivity contribution in [2.45, 2.75) is 44.8 Å². The van der Waals surface area contributed by atoms with Gasteiger partial charge in [-0.05, 0) is 50.0 Å². The quantitative estimate of drug-likeness (QED) is 0.867. The highest BCUT2D eigenvalue weighted by Gasteiger charge is 2.29. The second kappa shape index (κ2) is 7.45. The molecule has 2 amide bonds. The van der Waals surface area contributed by atoms with E-state index >= 15 is 0 Å². The molecule has 3 rings (SSSR count). The Bertz CT molecular complexity index is 534. The van der Waals surface area contributed by atoms with Gasteiger partial charge in [0.1, 0.15) is 6.10 Å². The van der Waals surface area contributed by atoms with Gasteiger partial charge in [0.05, 0.1) is 11.5 Å².